The van der Waals surface area contributed by atoms with Crippen molar-refractivity contribution in [1.29, 1.82) is 0 Å². The molecular formula is C22H40IN5O2. The maximum atomic E-state index is 5.99. The molecule has 0 spiro atoms. The van der Waals surface area contributed by atoms with Gasteiger partial charge in [-0.3, -0.25) is 0 Å². The Bertz CT molecular complexity index is 609. The number of rotatable bonds is 11. The molecule has 0 saturated carbocycles. The van der Waals surface area contributed by atoms with Gasteiger partial charge in [-0.2, -0.15) is 0 Å². The third-order valence-electron chi connectivity index (χ3n) is 5.04. The van der Waals surface area contributed by atoms with Gasteiger partial charge in [-0.15, -0.1) is 24.0 Å². The number of benzene rings is 1. The first-order chi connectivity index (χ1) is 14.1. The molecule has 0 aliphatic carbocycles. The van der Waals surface area contributed by atoms with Crippen LogP contribution in [0, 0.1) is 0 Å². The van der Waals surface area contributed by atoms with Crippen LogP contribution in [0.2, 0.25) is 0 Å². The molecule has 1 fully saturated rings. The summed E-state index contributed by atoms with van der Waals surface area (Å²) in [5, 5.41) is 6.75. The Balaban J connectivity index is 0.00000450. The van der Waals surface area contributed by atoms with Crippen LogP contribution in [-0.2, 0) is 0 Å². The van der Waals surface area contributed by atoms with Gasteiger partial charge in [0.15, 0.2) is 17.5 Å². The first-order valence-corrected chi connectivity index (χ1v) is 10.8. The molecule has 8 heteroatoms. The lowest BCUT2D eigenvalue weighted by Crippen LogP contribution is -2.44. The number of hydrogen-bond acceptors (Lipinski definition) is 5. The van der Waals surface area contributed by atoms with E-state index in [0.717, 1.165) is 37.0 Å². The number of nitrogens with one attached hydrogen (secondary N) is 2. The highest BCUT2D eigenvalue weighted by Crippen LogP contribution is 2.26. The van der Waals surface area contributed by atoms with E-state index < -0.39 is 0 Å². The molecule has 1 aromatic rings. The monoisotopic (exact) mass is 533 g/mol. The third kappa shape index (κ3) is 10.2. The average Bonchev–Trinajstić information content (AvgIpc) is 2.73. The predicted octanol–water partition coefficient (Wildman–Crippen LogP) is 2.66. The van der Waals surface area contributed by atoms with E-state index in [1.807, 2.05) is 31.2 Å². The molecule has 172 valence electrons. The van der Waals surface area contributed by atoms with Gasteiger partial charge in [0.05, 0.1) is 13.7 Å². The number of nitrogens with zero attached hydrogens (tertiary/aromatic N) is 3. The number of methoxy groups -OCH3 is 1. The Morgan fingerprint density at radius 2 is 1.80 bits per heavy atom. The summed E-state index contributed by atoms with van der Waals surface area (Å²) in [5.41, 5.74) is 0. The summed E-state index contributed by atoms with van der Waals surface area (Å²) in [6.45, 7) is 12.4. The maximum absolute atomic E-state index is 5.99. The molecule has 30 heavy (non-hydrogen) atoms. The van der Waals surface area contributed by atoms with Gasteiger partial charge in [0.1, 0.15) is 6.10 Å². The van der Waals surface area contributed by atoms with E-state index in [-0.39, 0.29) is 30.1 Å². The molecule has 1 aliphatic heterocycles. The Kier molecular flexibility index (Phi) is 13.9. The molecule has 2 N–H and O–H groups in total. The highest BCUT2D eigenvalue weighted by molar-refractivity contribution is 14.0. The molecule has 1 atom stereocenters. The highest BCUT2D eigenvalue weighted by Gasteiger charge is 2.13. The summed E-state index contributed by atoms with van der Waals surface area (Å²) in [5.74, 6) is 2.34. The predicted molar refractivity (Wildman–Crippen MR) is 136 cm³/mol. The summed E-state index contributed by atoms with van der Waals surface area (Å²) >= 11 is 0. The fraction of sp³-hybridized carbons (Fsp3) is 0.682. The first kappa shape index (κ1) is 26.8. The van der Waals surface area contributed by atoms with Crippen molar-refractivity contribution >= 4 is 29.9 Å². The minimum Gasteiger partial charge on any atom is -0.493 e. The largest absolute Gasteiger partial charge is 0.493 e. The third-order valence-corrected chi connectivity index (χ3v) is 5.04. The van der Waals surface area contributed by atoms with Gasteiger partial charge in [0, 0.05) is 39.3 Å². The van der Waals surface area contributed by atoms with Crippen molar-refractivity contribution in [2.24, 2.45) is 4.99 Å². The summed E-state index contributed by atoms with van der Waals surface area (Å²) in [4.78, 5) is 9.64. The smallest absolute Gasteiger partial charge is 0.191 e. The van der Waals surface area contributed by atoms with Gasteiger partial charge in [0.2, 0.25) is 0 Å². The standard InChI is InChI=1S/C22H39N5O2.HI/c1-5-23-22(24-12-8-9-13-27-16-14-26(3)15-17-27)25-18-19(2)29-21-11-7-6-10-20(21)28-4;/h6-7,10-11,19H,5,8-9,12-18H2,1-4H3,(H2,23,24,25);1H. The van der Waals surface area contributed by atoms with E-state index in [2.05, 4.69) is 39.4 Å². The summed E-state index contributed by atoms with van der Waals surface area (Å²) in [6.07, 6.45) is 2.31. The molecule has 1 heterocycles. The average molecular weight is 533 g/mol. The number of unbranched alkanes of at least 4 members (excludes halogenated alkanes) is 1. The highest BCUT2D eigenvalue weighted by atomic mass is 127. The maximum Gasteiger partial charge on any atom is 0.191 e. The molecule has 1 aromatic carbocycles. The van der Waals surface area contributed by atoms with Gasteiger partial charge < -0.3 is 29.9 Å². The van der Waals surface area contributed by atoms with E-state index in [1.165, 1.54) is 39.1 Å². The van der Waals surface area contributed by atoms with Crippen LogP contribution in [0.3, 0.4) is 0 Å². The van der Waals surface area contributed by atoms with Crippen LogP contribution in [0.1, 0.15) is 26.7 Å². The second-order valence-corrected chi connectivity index (χ2v) is 7.58. The molecule has 0 bridgehead atoms. The van der Waals surface area contributed by atoms with Gasteiger partial charge in [-0.05, 0) is 52.4 Å². The lowest BCUT2D eigenvalue weighted by atomic mass is 10.2. The Labute approximate surface area is 199 Å². The van der Waals surface area contributed by atoms with Gasteiger partial charge in [-0.1, -0.05) is 12.1 Å². The second kappa shape index (κ2) is 15.5. The van der Waals surface area contributed by atoms with Crippen LogP contribution in [-0.4, -0.2) is 88.4 Å². The van der Waals surface area contributed by atoms with Crippen molar-refractivity contribution in [1.82, 2.24) is 20.4 Å². The normalized spacial score (nSPS) is 16.5. The second-order valence-electron chi connectivity index (χ2n) is 7.58. The molecule has 0 amide bonds. The Hall–Kier alpha value is -1.26. The zero-order chi connectivity index (χ0) is 20.9. The van der Waals surface area contributed by atoms with Crippen LogP contribution >= 0.6 is 24.0 Å². The van der Waals surface area contributed by atoms with E-state index in [0.29, 0.717) is 6.54 Å². The number of piperazine rings is 1. The zero-order valence-corrected chi connectivity index (χ0v) is 21.4. The van der Waals surface area contributed by atoms with Gasteiger partial charge >= 0.3 is 0 Å². The van der Waals surface area contributed by atoms with Crippen molar-refractivity contribution in [2.75, 3.05) is 66.5 Å². The first-order valence-electron chi connectivity index (χ1n) is 10.8. The zero-order valence-electron chi connectivity index (χ0n) is 19.0. The molecule has 7 nitrogen and oxygen atoms in total. The lowest BCUT2D eigenvalue weighted by Gasteiger charge is -2.32. The van der Waals surface area contributed by atoms with Gasteiger partial charge in [-0.25, -0.2) is 4.99 Å². The van der Waals surface area contributed by atoms with E-state index in [9.17, 15) is 0 Å². The lowest BCUT2D eigenvalue weighted by molar-refractivity contribution is 0.152. The SMILES string of the molecule is CCNC(=NCC(C)Oc1ccccc1OC)NCCCCN1CCN(C)CC1.I. The van der Waals surface area contributed by atoms with Crippen LogP contribution < -0.4 is 20.1 Å². The van der Waals surface area contributed by atoms with E-state index in [1.54, 1.807) is 7.11 Å². The summed E-state index contributed by atoms with van der Waals surface area (Å²) in [7, 11) is 3.85. The van der Waals surface area contributed by atoms with E-state index in [4.69, 9.17) is 9.47 Å². The molecule has 1 saturated heterocycles. The Morgan fingerprint density at radius 3 is 2.47 bits per heavy atom. The molecular weight excluding hydrogens is 493 g/mol. The van der Waals surface area contributed by atoms with Crippen LogP contribution in [0.15, 0.2) is 29.3 Å². The number of aliphatic imine (C=N–C) groups is 1. The Morgan fingerprint density at radius 1 is 1.10 bits per heavy atom. The topological polar surface area (TPSA) is 61.4 Å². The molecule has 0 radical (unpaired) electrons. The van der Waals surface area contributed by atoms with Crippen molar-refractivity contribution < 1.29 is 9.47 Å². The number of guanidine groups is 1. The molecule has 1 unspecified atom stereocenters. The fourth-order valence-corrected chi connectivity index (χ4v) is 3.27. The number of para-hydroxylation sites is 2. The van der Waals surface area contributed by atoms with Crippen LogP contribution in [0.25, 0.3) is 0 Å². The molecule has 2 rings (SSSR count). The van der Waals surface area contributed by atoms with Crippen LogP contribution in [0.4, 0.5) is 0 Å². The van der Waals surface area contributed by atoms with Gasteiger partial charge in [0.25, 0.3) is 0 Å². The van der Waals surface area contributed by atoms with Crippen LogP contribution in [0.5, 0.6) is 11.5 Å². The minimum atomic E-state index is -0.0426. The summed E-state index contributed by atoms with van der Waals surface area (Å²) < 4.78 is 11.3. The number of likely N-dealkylation sites (N-methyl/N-ethyl adjacent to an activating group) is 1. The van der Waals surface area contributed by atoms with E-state index >= 15 is 0 Å². The summed E-state index contributed by atoms with van der Waals surface area (Å²) in [6, 6.07) is 7.70. The quantitative estimate of drug-likeness (QED) is 0.198. The molecule has 0 aromatic heterocycles. The van der Waals surface area contributed by atoms with Crippen molar-refractivity contribution in [3.05, 3.63) is 24.3 Å². The van der Waals surface area contributed by atoms with Crippen molar-refractivity contribution in [3.63, 3.8) is 0 Å². The molecule has 1 aliphatic rings. The van der Waals surface area contributed by atoms with Crippen molar-refractivity contribution in [2.45, 2.75) is 32.8 Å². The number of hydrogen-bond donors (Lipinski definition) is 2. The van der Waals surface area contributed by atoms with Crippen molar-refractivity contribution in [3.8, 4) is 11.5 Å². The number of halogens is 1. The number of ether oxygens (including phenoxy) is 2. The fourth-order valence-electron chi connectivity index (χ4n) is 3.27. The minimum absolute atomic E-state index is 0.